The molecule has 2 unspecified atom stereocenters. The zero-order chi connectivity index (χ0) is 13.9. The second-order valence-electron chi connectivity index (χ2n) is 5.67. The first-order valence-corrected chi connectivity index (χ1v) is 7.62. The van der Waals surface area contributed by atoms with Gasteiger partial charge >= 0.3 is 0 Å². The number of hydrogen-bond donors (Lipinski definition) is 1. The van der Waals surface area contributed by atoms with E-state index in [2.05, 4.69) is 24.0 Å². The predicted octanol–water partition coefficient (Wildman–Crippen LogP) is 1.73. The van der Waals surface area contributed by atoms with Crippen LogP contribution in [-0.4, -0.2) is 43.9 Å². The number of hydrogen-bond acceptors (Lipinski definition) is 4. The number of nitrogens with two attached hydrogens (primary N) is 1. The third kappa shape index (κ3) is 2.82. The monoisotopic (exact) mass is 276 g/mol. The Morgan fingerprint density at radius 3 is 3.20 bits per heavy atom. The van der Waals surface area contributed by atoms with Crippen molar-refractivity contribution in [3.63, 3.8) is 0 Å². The molecule has 1 fully saturated rings. The van der Waals surface area contributed by atoms with Crippen molar-refractivity contribution in [2.24, 2.45) is 5.73 Å². The maximum absolute atomic E-state index is 6.10. The standard InChI is InChI=1S/C16H24N2O2/c1-2-18-8-9-19-12(10-18)11-20-16-5-3-4-13-14(16)6-7-15(13)17/h3-5,12,15H,2,6-11,17H2,1H3. The van der Waals surface area contributed by atoms with E-state index >= 15 is 0 Å². The Morgan fingerprint density at radius 1 is 1.45 bits per heavy atom. The van der Waals surface area contributed by atoms with Gasteiger partial charge in [0.1, 0.15) is 18.5 Å². The van der Waals surface area contributed by atoms with Gasteiger partial charge in [0.2, 0.25) is 0 Å². The van der Waals surface area contributed by atoms with Gasteiger partial charge in [-0.15, -0.1) is 0 Å². The highest BCUT2D eigenvalue weighted by molar-refractivity contribution is 5.44. The first kappa shape index (κ1) is 13.9. The normalized spacial score (nSPS) is 26.5. The summed E-state index contributed by atoms with van der Waals surface area (Å²) in [6.45, 7) is 6.69. The minimum absolute atomic E-state index is 0.176. The molecule has 0 bridgehead atoms. The van der Waals surface area contributed by atoms with Crippen molar-refractivity contribution in [3.8, 4) is 5.75 Å². The molecule has 2 N–H and O–H groups in total. The van der Waals surface area contributed by atoms with Crippen LogP contribution in [0.15, 0.2) is 18.2 Å². The van der Waals surface area contributed by atoms with E-state index in [1.807, 2.05) is 6.07 Å². The second-order valence-corrected chi connectivity index (χ2v) is 5.67. The summed E-state index contributed by atoms with van der Waals surface area (Å²) in [5.41, 5.74) is 8.65. The van der Waals surface area contributed by atoms with E-state index in [9.17, 15) is 0 Å². The first-order valence-electron chi connectivity index (χ1n) is 7.62. The van der Waals surface area contributed by atoms with Gasteiger partial charge in [0.25, 0.3) is 0 Å². The van der Waals surface area contributed by atoms with Gasteiger partial charge < -0.3 is 15.2 Å². The fourth-order valence-electron chi connectivity index (χ4n) is 3.14. The molecule has 1 saturated heterocycles. The van der Waals surface area contributed by atoms with Crippen LogP contribution < -0.4 is 10.5 Å². The van der Waals surface area contributed by atoms with Crippen molar-refractivity contribution in [2.75, 3.05) is 32.8 Å². The summed E-state index contributed by atoms with van der Waals surface area (Å²) in [5, 5.41) is 0. The zero-order valence-electron chi connectivity index (χ0n) is 12.2. The highest BCUT2D eigenvalue weighted by atomic mass is 16.5. The molecular weight excluding hydrogens is 252 g/mol. The van der Waals surface area contributed by atoms with E-state index in [0.717, 1.165) is 44.8 Å². The van der Waals surface area contributed by atoms with Crippen LogP contribution in [-0.2, 0) is 11.2 Å². The molecule has 0 amide bonds. The van der Waals surface area contributed by atoms with Crippen LogP contribution in [0.5, 0.6) is 5.75 Å². The zero-order valence-corrected chi connectivity index (χ0v) is 12.2. The van der Waals surface area contributed by atoms with Crippen LogP contribution in [0.3, 0.4) is 0 Å². The third-order valence-electron chi connectivity index (χ3n) is 4.37. The first-order chi connectivity index (χ1) is 9.78. The number of rotatable bonds is 4. The molecule has 2 atom stereocenters. The lowest BCUT2D eigenvalue weighted by atomic mass is 10.1. The number of morpholine rings is 1. The molecule has 3 rings (SSSR count). The number of fused-ring (bicyclic) bond motifs is 1. The maximum atomic E-state index is 6.10. The molecule has 4 heteroatoms. The Hall–Kier alpha value is -1.10. The highest BCUT2D eigenvalue weighted by Gasteiger charge is 2.24. The lowest BCUT2D eigenvalue weighted by Crippen LogP contribution is -2.44. The van der Waals surface area contributed by atoms with E-state index in [-0.39, 0.29) is 12.1 Å². The largest absolute Gasteiger partial charge is 0.491 e. The average Bonchev–Trinajstić information content (AvgIpc) is 2.88. The van der Waals surface area contributed by atoms with Crippen molar-refractivity contribution in [3.05, 3.63) is 29.3 Å². The van der Waals surface area contributed by atoms with Crippen LogP contribution in [0.4, 0.5) is 0 Å². The van der Waals surface area contributed by atoms with Crippen LogP contribution in [0, 0.1) is 0 Å². The predicted molar refractivity (Wildman–Crippen MR) is 79.0 cm³/mol. The lowest BCUT2D eigenvalue weighted by Gasteiger charge is -2.32. The Labute approximate surface area is 120 Å². The van der Waals surface area contributed by atoms with Crippen LogP contribution >= 0.6 is 0 Å². The molecule has 1 aliphatic heterocycles. The molecule has 4 nitrogen and oxygen atoms in total. The number of ether oxygens (including phenoxy) is 2. The molecule has 1 aromatic carbocycles. The summed E-state index contributed by atoms with van der Waals surface area (Å²) in [6, 6.07) is 6.39. The summed E-state index contributed by atoms with van der Waals surface area (Å²) in [5.74, 6) is 0.993. The van der Waals surface area contributed by atoms with E-state index < -0.39 is 0 Å². The van der Waals surface area contributed by atoms with Crippen LogP contribution in [0.25, 0.3) is 0 Å². The number of benzene rings is 1. The molecule has 0 aromatic heterocycles. The Kier molecular flexibility index (Phi) is 4.24. The summed E-state index contributed by atoms with van der Waals surface area (Å²) in [6.07, 6.45) is 2.23. The van der Waals surface area contributed by atoms with Crippen molar-refractivity contribution >= 4 is 0 Å². The van der Waals surface area contributed by atoms with Crippen molar-refractivity contribution in [2.45, 2.75) is 31.9 Å². The van der Waals surface area contributed by atoms with Gasteiger partial charge in [-0.1, -0.05) is 19.1 Å². The summed E-state index contributed by atoms with van der Waals surface area (Å²) >= 11 is 0. The highest BCUT2D eigenvalue weighted by Crippen LogP contribution is 2.35. The van der Waals surface area contributed by atoms with E-state index in [4.69, 9.17) is 15.2 Å². The van der Waals surface area contributed by atoms with Gasteiger partial charge in [-0.05, 0) is 36.6 Å². The van der Waals surface area contributed by atoms with Gasteiger partial charge in [0, 0.05) is 19.1 Å². The van der Waals surface area contributed by atoms with Crippen molar-refractivity contribution < 1.29 is 9.47 Å². The molecule has 1 aliphatic carbocycles. The van der Waals surface area contributed by atoms with Gasteiger partial charge in [-0.3, -0.25) is 4.90 Å². The molecule has 1 heterocycles. The average molecular weight is 276 g/mol. The lowest BCUT2D eigenvalue weighted by molar-refractivity contribution is -0.0465. The molecule has 1 aromatic rings. The third-order valence-corrected chi connectivity index (χ3v) is 4.37. The van der Waals surface area contributed by atoms with Gasteiger partial charge in [0.05, 0.1) is 6.61 Å². The fourth-order valence-corrected chi connectivity index (χ4v) is 3.14. The van der Waals surface area contributed by atoms with Crippen molar-refractivity contribution in [1.82, 2.24) is 4.90 Å². The van der Waals surface area contributed by atoms with Gasteiger partial charge in [-0.25, -0.2) is 0 Å². The minimum Gasteiger partial charge on any atom is -0.491 e. The summed E-state index contributed by atoms with van der Waals surface area (Å²) < 4.78 is 11.8. The molecule has 0 radical (unpaired) electrons. The quantitative estimate of drug-likeness (QED) is 0.910. The maximum Gasteiger partial charge on any atom is 0.122 e. The SMILES string of the molecule is CCN1CCOC(COc2cccc3c2CCC3N)C1. The molecule has 20 heavy (non-hydrogen) atoms. The van der Waals surface area contributed by atoms with Crippen LogP contribution in [0.2, 0.25) is 0 Å². The Bertz CT molecular complexity index is 464. The van der Waals surface area contributed by atoms with E-state index in [1.165, 1.54) is 11.1 Å². The van der Waals surface area contributed by atoms with Crippen LogP contribution in [0.1, 0.15) is 30.5 Å². The molecule has 110 valence electrons. The Morgan fingerprint density at radius 2 is 2.35 bits per heavy atom. The number of likely N-dealkylation sites (N-methyl/N-ethyl adjacent to an activating group) is 1. The molecule has 2 aliphatic rings. The van der Waals surface area contributed by atoms with E-state index in [1.54, 1.807) is 0 Å². The summed E-state index contributed by atoms with van der Waals surface area (Å²) in [4.78, 5) is 2.41. The Balaban J connectivity index is 1.62. The topological polar surface area (TPSA) is 47.7 Å². The fraction of sp³-hybridized carbons (Fsp3) is 0.625. The smallest absolute Gasteiger partial charge is 0.122 e. The van der Waals surface area contributed by atoms with E-state index in [0.29, 0.717) is 6.61 Å². The van der Waals surface area contributed by atoms with Crippen molar-refractivity contribution in [1.29, 1.82) is 0 Å². The van der Waals surface area contributed by atoms with Gasteiger partial charge in [-0.2, -0.15) is 0 Å². The molecule has 0 saturated carbocycles. The summed E-state index contributed by atoms with van der Waals surface area (Å²) in [7, 11) is 0. The minimum atomic E-state index is 0.176. The second kappa shape index (κ2) is 6.12. The van der Waals surface area contributed by atoms with Gasteiger partial charge in [0.15, 0.2) is 0 Å². The molecule has 0 spiro atoms. The number of nitrogens with zero attached hydrogens (tertiary/aromatic N) is 1. The molecular formula is C16H24N2O2.